The zero-order chi connectivity index (χ0) is 17.2. The van der Waals surface area contributed by atoms with Gasteiger partial charge in [0.15, 0.2) is 11.5 Å². The van der Waals surface area contributed by atoms with E-state index >= 15 is 0 Å². The number of benzene rings is 1. The fourth-order valence-electron chi connectivity index (χ4n) is 3.51. The maximum Gasteiger partial charge on any atom is 0.231 e. The van der Waals surface area contributed by atoms with Crippen molar-refractivity contribution in [2.75, 3.05) is 40.5 Å². The largest absolute Gasteiger partial charge is 0.454 e. The van der Waals surface area contributed by atoms with Gasteiger partial charge in [-0.15, -0.1) is 0 Å². The Morgan fingerprint density at radius 1 is 1.25 bits per heavy atom. The van der Waals surface area contributed by atoms with Crippen molar-refractivity contribution >= 4 is 5.91 Å². The fraction of sp³-hybridized carbons (Fsp3) is 0.611. The molecule has 2 aliphatic heterocycles. The molecule has 6 nitrogen and oxygen atoms in total. The van der Waals surface area contributed by atoms with Crippen LogP contribution in [0.2, 0.25) is 0 Å². The third-order valence-electron chi connectivity index (χ3n) is 4.67. The number of carbonyl (C=O) groups excluding carboxylic acids is 1. The van der Waals surface area contributed by atoms with Gasteiger partial charge in [-0.05, 0) is 51.1 Å². The molecule has 2 heterocycles. The summed E-state index contributed by atoms with van der Waals surface area (Å²) >= 11 is 0. The van der Waals surface area contributed by atoms with Crippen LogP contribution in [-0.4, -0.2) is 66.9 Å². The van der Waals surface area contributed by atoms with Crippen molar-refractivity contribution in [3.63, 3.8) is 0 Å². The summed E-state index contributed by atoms with van der Waals surface area (Å²) in [5, 5.41) is 10.7. The molecule has 1 aromatic rings. The van der Waals surface area contributed by atoms with E-state index in [1.54, 1.807) is 0 Å². The number of fused-ring (bicyclic) bond motifs is 1. The highest BCUT2D eigenvalue weighted by Gasteiger charge is 2.32. The first-order chi connectivity index (χ1) is 11.5. The van der Waals surface area contributed by atoms with Crippen LogP contribution in [0.3, 0.4) is 0 Å². The van der Waals surface area contributed by atoms with Crippen LogP contribution in [0.15, 0.2) is 18.2 Å². The minimum absolute atomic E-state index is 0.1000. The molecule has 24 heavy (non-hydrogen) atoms. The molecule has 1 amide bonds. The molecule has 132 valence electrons. The first-order valence-corrected chi connectivity index (χ1v) is 8.49. The topological polar surface area (TPSA) is 62.2 Å². The number of likely N-dealkylation sites (N-methyl/N-ethyl adjacent to an activating group) is 1. The summed E-state index contributed by atoms with van der Waals surface area (Å²) in [7, 11) is 3.93. The smallest absolute Gasteiger partial charge is 0.231 e. The molecule has 0 unspecified atom stereocenters. The predicted octanol–water partition coefficient (Wildman–Crippen LogP) is 1.26. The molecule has 0 radical (unpaired) electrons. The standard InChI is InChI=1S/C18H26N2O4/c1-19(2)12-18(22)6-3-8-20(9-7-18)17(21)11-14-4-5-15-16(10-14)24-13-23-15/h4-5,10,22H,3,6-9,11-13H2,1-2H3/t18-/m0/s1. The molecule has 0 aromatic heterocycles. The van der Waals surface area contributed by atoms with Crippen molar-refractivity contribution in [3.8, 4) is 11.5 Å². The zero-order valence-electron chi connectivity index (χ0n) is 14.5. The van der Waals surface area contributed by atoms with E-state index in [1.807, 2.05) is 42.1 Å². The van der Waals surface area contributed by atoms with Gasteiger partial charge in [-0.1, -0.05) is 6.07 Å². The molecule has 1 fully saturated rings. The zero-order valence-corrected chi connectivity index (χ0v) is 14.5. The van der Waals surface area contributed by atoms with E-state index in [2.05, 4.69) is 0 Å². The second-order valence-corrected chi connectivity index (χ2v) is 7.06. The molecule has 0 aliphatic carbocycles. The van der Waals surface area contributed by atoms with Gasteiger partial charge < -0.3 is 24.4 Å². The maximum atomic E-state index is 12.6. The van der Waals surface area contributed by atoms with Crippen molar-refractivity contribution in [2.45, 2.75) is 31.3 Å². The lowest BCUT2D eigenvalue weighted by Gasteiger charge is -2.30. The average molecular weight is 334 g/mol. The summed E-state index contributed by atoms with van der Waals surface area (Å²) in [6.07, 6.45) is 2.54. The van der Waals surface area contributed by atoms with Crippen molar-refractivity contribution in [3.05, 3.63) is 23.8 Å². The van der Waals surface area contributed by atoms with Crippen LogP contribution in [0.5, 0.6) is 11.5 Å². The van der Waals surface area contributed by atoms with Gasteiger partial charge in [0.1, 0.15) is 0 Å². The number of aliphatic hydroxyl groups is 1. The number of hydrogen-bond acceptors (Lipinski definition) is 5. The summed E-state index contributed by atoms with van der Waals surface area (Å²) in [5.41, 5.74) is 0.231. The van der Waals surface area contributed by atoms with Gasteiger partial charge in [-0.2, -0.15) is 0 Å². The summed E-state index contributed by atoms with van der Waals surface area (Å²) in [6.45, 7) is 2.19. The molecule has 1 aromatic carbocycles. The van der Waals surface area contributed by atoms with E-state index in [0.717, 1.165) is 24.2 Å². The van der Waals surface area contributed by atoms with Crippen molar-refractivity contribution in [2.24, 2.45) is 0 Å². The van der Waals surface area contributed by atoms with Crippen molar-refractivity contribution in [1.82, 2.24) is 9.80 Å². The van der Waals surface area contributed by atoms with Crippen LogP contribution < -0.4 is 9.47 Å². The number of hydrogen-bond donors (Lipinski definition) is 1. The molecule has 0 spiro atoms. The van der Waals surface area contributed by atoms with Gasteiger partial charge in [-0.25, -0.2) is 0 Å². The van der Waals surface area contributed by atoms with E-state index in [4.69, 9.17) is 9.47 Å². The van der Waals surface area contributed by atoms with Gasteiger partial charge >= 0.3 is 0 Å². The minimum Gasteiger partial charge on any atom is -0.454 e. The number of nitrogens with zero attached hydrogens (tertiary/aromatic N) is 2. The number of carbonyl (C=O) groups is 1. The Morgan fingerprint density at radius 3 is 2.83 bits per heavy atom. The third kappa shape index (κ3) is 3.99. The summed E-state index contributed by atoms with van der Waals surface area (Å²) in [4.78, 5) is 16.5. The highest BCUT2D eigenvalue weighted by molar-refractivity contribution is 5.79. The fourth-order valence-corrected chi connectivity index (χ4v) is 3.51. The molecule has 0 saturated carbocycles. The Labute approximate surface area is 143 Å². The highest BCUT2D eigenvalue weighted by atomic mass is 16.7. The molecule has 0 bridgehead atoms. The third-order valence-corrected chi connectivity index (χ3v) is 4.67. The number of amides is 1. The van der Waals surface area contributed by atoms with Crippen LogP contribution in [0.1, 0.15) is 24.8 Å². The second-order valence-electron chi connectivity index (χ2n) is 7.06. The van der Waals surface area contributed by atoms with Gasteiger partial charge in [0.25, 0.3) is 0 Å². The Morgan fingerprint density at radius 2 is 2.04 bits per heavy atom. The Hall–Kier alpha value is -1.79. The summed E-state index contributed by atoms with van der Waals surface area (Å²) in [5.74, 6) is 1.54. The Bertz CT molecular complexity index is 605. The van der Waals surface area contributed by atoms with Gasteiger partial charge in [0.2, 0.25) is 12.7 Å². The SMILES string of the molecule is CN(C)C[C@]1(O)CCCN(C(=O)Cc2ccc3c(c2)OCO3)CC1. The second kappa shape index (κ2) is 6.99. The van der Waals surface area contributed by atoms with Gasteiger partial charge in [0.05, 0.1) is 12.0 Å². The average Bonchev–Trinajstić information content (AvgIpc) is 2.88. The summed E-state index contributed by atoms with van der Waals surface area (Å²) in [6, 6.07) is 5.63. The number of rotatable bonds is 4. The van der Waals surface area contributed by atoms with E-state index < -0.39 is 5.60 Å². The van der Waals surface area contributed by atoms with Crippen LogP contribution >= 0.6 is 0 Å². The normalized spacial score (nSPS) is 23.4. The predicted molar refractivity (Wildman–Crippen MR) is 90.2 cm³/mol. The van der Waals surface area contributed by atoms with E-state index in [1.165, 1.54) is 0 Å². The lowest BCUT2D eigenvalue weighted by Crippen LogP contribution is -2.41. The molecule has 6 heteroatoms. The molecule has 1 N–H and O–H groups in total. The lowest BCUT2D eigenvalue weighted by molar-refractivity contribution is -0.130. The van der Waals surface area contributed by atoms with Crippen LogP contribution in [0, 0.1) is 0 Å². The summed E-state index contributed by atoms with van der Waals surface area (Å²) < 4.78 is 10.7. The van der Waals surface area contributed by atoms with Gasteiger partial charge in [-0.3, -0.25) is 4.79 Å². The maximum absolute atomic E-state index is 12.6. The molecule has 1 atom stereocenters. The van der Waals surface area contributed by atoms with Crippen LogP contribution in [0.25, 0.3) is 0 Å². The molecular weight excluding hydrogens is 308 g/mol. The molecule has 2 aliphatic rings. The van der Waals surface area contributed by atoms with E-state index in [-0.39, 0.29) is 12.7 Å². The first kappa shape index (κ1) is 17.0. The monoisotopic (exact) mass is 334 g/mol. The van der Waals surface area contributed by atoms with Crippen molar-refractivity contribution < 1.29 is 19.4 Å². The molecule has 3 rings (SSSR count). The Kier molecular flexibility index (Phi) is 4.96. The Balaban J connectivity index is 1.59. The van der Waals surface area contributed by atoms with E-state index in [9.17, 15) is 9.90 Å². The number of ether oxygens (including phenoxy) is 2. The van der Waals surface area contributed by atoms with Crippen LogP contribution in [0.4, 0.5) is 0 Å². The van der Waals surface area contributed by atoms with Crippen LogP contribution in [-0.2, 0) is 11.2 Å². The molecular formula is C18H26N2O4. The van der Waals surface area contributed by atoms with Crippen molar-refractivity contribution in [1.29, 1.82) is 0 Å². The minimum atomic E-state index is -0.697. The highest BCUT2D eigenvalue weighted by Crippen LogP contribution is 2.32. The lowest BCUT2D eigenvalue weighted by atomic mass is 9.94. The quantitative estimate of drug-likeness (QED) is 0.898. The number of likely N-dealkylation sites (tertiary alicyclic amines) is 1. The molecule has 1 saturated heterocycles. The first-order valence-electron chi connectivity index (χ1n) is 8.49. The van der Waals surface area contributed by atoms with E-state index in [0.29, 0.717) is 38.2 Å². The van der Waals surface area contributed by atoms with Gasteiger partial charge in [0, 0.05) is 19.6 Å².